The van der Waals surface area contributed by atoms with Crippen molar-refractivity contribution < 1.29 is 5.11 Å². The van der Waals surface area contributed by atoms with Gasteiger partial charge in [0.1, 0.15) is 5.69 Å². The van der Waals surface area contributed by atoms with Gasteiger partial charge in [-0.15, -0.1) is 5.10 Å². The number of rotatable bonds is 5. The first-order chi connectivity index (χ1) is 7.22. The molecule has 1 aromatic heterocycles. The number of aliphatic hydroxyl groups excluding tert-OH is 1. The number of hydrogen-bond acceptors (Lipinski definition) is 3. The molecule has 1 aliphatic rings. The van der Waals surface area contributed by atoms with Crippen molar-refractivity contribution in [2.24, 2.45) is 5.92 Å². The van der Waals surface area contributed by atoms with Crippen molar-refractivity contribution in [3.05, 3.63) is 11.4 Å². The molecular weight excluding hydrogens is 190 g/mol. The number of hydrogen-bond donors (Lipinski definition) is 1. The molecule has 1 aliphatic carbocycles. The van der Waals surface area contributed by atoms with Gasteiger partial charge in [0.25, 0.3) is 0 Å². The second-order valence-electron chi connectivity index (χ2n) is 4.69. The van der Waals surface area contributed by atoms with Crippen LogP contribution in [0, 0.1) is 5.92 Å². The highest BCUT2D eigenvalue weighted by atomic mass is 16.3. The number of aryl methyl sites for hydroxylation is 1. The highest BCUT2D eigenvalue weighted by Crippen LogP contribution is 2.33. The first-order valence-corrected chi connectivity index (χ1v) is 5.75. The van der Waals surface area contributed by atoms with E-state index in [2.05, 4.69) is 24.2 Å². The van der Waals surface area contributed by atoms with Crippen LogP contribution >= 0.6 is 0 Å². The summed E-state index contributed by atoms with van der Waals surface area (Å²) in [5, 5.41) is 17.3. The lowest BCUT2D eigenvalue weighted by Gasteiger charge is -2.09. The van der Waals surface area contributed by atoms with Crippen molar-refractivity contribution in [3.63, 3.8) is 0 Å². The Balaban J connectivity index is 2.09. The molecule has 4 nitrogen and oxygen atoms in total. The average Bonchev–Trinajstić information content (AvgIpc) is 2.93. The highest BCUT2D eigenvalue weighted by molar-refractivity contribution is 5.13. The third-order valence-electron chi connectivity index (χ3n) is 2.99. The molecule has 1 saturated carbocycles. The number of aromatic nitrogens is 3. The van der Waals surface area contributed by atoms with E-state index in [0.29, 0.717) is 5.92 Å². The van der Waals surface area contributed by atoms with Crippen LogP contribution in [0.4, 0.5) is 0 Å². The maximum atomic E-state index is 9.15. The SMILES string of the molecule is CC(C)c1c(CO)nnn1CCC1CC1. The number of nitrogens with zero attached hydrogens (tertiary/aromatic N) is 3. The monoisotopic (exact) mass is 209 g/mol. The van der Waals surface area contributed by atoms with Crippen LogP contribution in [0.2, 0.25) is 0 Å². The highest BCUT2D eigenvalue weighted by Gasteiger charge is 2.22. The van der Waals surface area contributed by atoms with Gasteiger partial charge in [0.2, 0.25) is 0 Å². The summed E-state index contributed by atoms with van der Waals surface area (Å²) < 4.78 is 1.97. The smallest absolute Gasteiger partial charge is 0.112 e. The molecule has 0 unspecified atom stereocenters. The summed E-state index contributed by atoms with van der Waals surface area (Å²) in [5.41, 5.74) is 1.83. The van der Waals surface area contributed by atoms with E-state index in [0.717, 1.165) is 23.9 Å². The molecule has 0 amide bonds. The van der Waals surface area contributed by atoms with Crippen LogP contribution in [0.15, 0.2) is 0 Å². The first-order valence-electron chi connectivity index (χ1n) is 5.75. The quantitative estimate of drug-likeness (QED) is 0.803. The third-order valence-corrected chi connectivity index (χ3v) is 2.99. The van der Waals surface area contributed by atoms with Crippen molar-refractivity contribution in [1.82, 2.24) is 15.0 Å². The van der Waals surface area contributed by atoms with Gasteiger partial charge < -0.3 is 5.11 Å². The molecule has 84 valence electrons. The molecule has 0 aliphatic heterocycles. The lowest BCUT2D eigenvalue weighted by molar-refractivity contribution is 0.275. The van der Waals surface area contributed by atoms with Crippen molar-refractivity contribution in [2.45, 2.75) is 52.2 Å². The van der Waals surface area contributed by atoms with Gasteiger partial charge in [0, 0.05) is 6.54 Å². The fraction of sp³-hybridized carbons (Fsp3) is 0.818. The van der Waals surface area contributed by atoms with Gasteiger partial charge in [-0.05, 0) is 18.3 Å². The van der Waals surface area contributed by atoms with Crippen LogP contribution in [0.1, 0.15) is 50.4 Å². The molecule has 15 heavy (non-hydrogen) atoms. The third kappa shape index (κ3) is 2.37. The predicted octanol–water partition coefficient (Wildman–Crippen LogP) is 1.69. The largest absolute Gasteiger partial charge is 0.390 e. The topological polar surface area (TPSA) is 50.9 Å². The van der Waals surface area contributed by atoms with E-state index < -0.39 is 0 Å². The lowest BCUT2D eigenvalue weighted by Crippen LogP contribution is -2.08. The van der Waals surface area contributed by atoms with Gasteiger partial charge in [-0.1, -0.05) is 31.9 Å². The molecule has 0 saturated heterocycles. The molecule has 1 aromatic rings. The fourth-order valence-electron chi connectivity index (χ4n) is 1.98. The van der Waals surface area contributed by atoms with Crippen molar-refractivity contribution in [3.8, 4) is 0 Å². The zero-order valence-electron chi connectivity index (χ0n) is 9.48. The summed E-state index contributed by atoms with van der Waals surface area (Å²) in [6.45, 7) is 5.18. The van der Waals surface area contributed by atoms with Crippen LogP contribution in [0.5, 0.6) is 0 Å². The van der Waals surface area contributed by atoms with E-state index in [1.165, 1.54) is 19.3 Å². The molecule has 0 spiro atoms. The van der Waals surface area contributed by atoms with Crippen LogP contribution in [-0.2, 0) is 13.2 Å². The minimum atomic E-state index is -0.00303. The Morgan fingerprint density at radius 1 is 1.47 bits per heavy atom. The molecule has 0 atom stereocenters. The Labute approximate surface area is 90.3 Å². The van der Waals surface area contributed by atoms with Gasteiger partial charge in [-0.25, -0.2) is 4.68 Å². The van der Waals surface area contributed by atoms with Crippen molar-refractivity contribution in [2.75, 3.05) is 0 Å². The molecule has 4 heteroatoms. The van der Waals surface area contributed by atoms with E-state index in [4.69, 9.17) is 5.11 Å². The minimum Gasteiger partial charge on any atom is -0.390 e. The Kier molecular flexibility index (Phi) is 3.05. The Morgan fingerprint density at radius 2 is 2.20 bits per heavy atom. The average molecular weight is 209 g/mol. The Bertz CT molecular complexity index is 329. The maximum Gasteiger partial charge on any atom is 0.112 e. The summed E-state index contributed by atoms with van der Waals surface area (Å²) >= 11 is 0. The lowest BCUT2D eigenvalue weighted by atomic mass is 10.1. The van der Waals surface area contributed by atoms with E-state index in [1.54, 1.807) is 0 Å². The van der Waals surface area contributed by atoms with Gasteiger partial charge in [-0.2, -0.15) is 0 Å². The second kappa shape index (κ2) is 4.31. The minimum absolute atomic E-state index is 0.00303. The maximum absolute atomic E-state index is 9.15. The number of aliphatic hydroxyl groups is 1. The molecule has 0 radical (unpaired) electrons. The normalized spacial score (nSPS) is 16.3. The van der Waals surface area contributed by atoms with Gasteiger partial charge in [0.15, 0.2) is 0 Å². The molecule has 0 bridgehead atoms. The molecule has 1 fully saturated rings. The van der Waals surface area contributed by atoms with Gasteiger partial charge in [-0.3, -0.25) is 0 Å². The molecule has 2 rings (SSSR count). The zero-order chi connectivity index (χ0) is 10.8. The Hall–Kier alpha value is -0.900. The molecule has 1 N–H and O–H groups in total. The molecular formula is C11H19N3O. The van der Waals surface area contributed by atoms with Crippen LogP contribution in [-0.4, -0.2) is 20.1 Å². The van der Waals surface area contributed by atoms with Crippen LogP contribution < -0.4 is 0 Å². The first kappa shape index (κ1) is 10.6. The molecule has 1 heterocycles. The summed E-state index contributed by atoms with van der Waals surface area (Å²) in [6, 6.07) is 0. The fourth-order valence-corrected chi connectivity index (χ4v) is 1.98. The van der Waals surface area contributed by atoms with Crippen LogP contribution in [0.25, 0.3) is 0 Å². The predicted molar refractivity (Wildman–Crippen MR) is 57.4 cm³/mol. The summed E-state index contributed by atoms with van der Waals surface area (Å²) in [7, 11) is 0. The van der Waals surface area contributed by atoms with Gasteiger partial charge >= 0.3 is 0 Å². The molecule has 0 aromatic carbocycles. The van der Waals surface area contributed by atoms with E-state index in [9.17, 15) is 0 Å². The van der Waals surface area contributed by atoms with Crippen molar-refractivity contribution >= 4 is 0 Å². The second-order valence-corrected chi connectivity index (χ2v) is 4.69. The summed E-state index contributed by atoms with van der Waals surface area (Å²) in [5.74, 6) is 1.29. The summed E-state index contributed by atoms with van der Waals surface area (Å²) in [4.78, 5) is 0. The zero-order valence-corrected chi connectivity index (χ0v) is 9.48. The Morgan fingerprint density at radius 3 is 2.73 bits per heavy atom. The summed E-state index contributed by atoms with van der Waals surface area (Å²) in [6.07, 6.45) is 3.95. The van der Waals surface area contributed by atoms with E-state index in [-0.39, 0.29) is 6.61 Å². The standard InChI is InChI=1S/C11H19N3O/c1-8(2)11-10(7-15)12-13-14(11)6-5-9-3-4-9/h8-9,15H,3-7H2,1-2H3. The van der Waals surface area contributed by atoms with Crippen molar-refractivity contribution in [1.29, 1.82) is 0 Å². The van der Waals surface area contributed by atoms with E-state index >= 15 is 0 Å². The van der Waals surface area contributed by atoms with Gasteiger partial charge in [0.05, 0.1) is 12.3 Å². The van der Waals surface area contributed by atoms with Crippen LogP contribution in [0.3, 0.4) is 0 Å². The van der Waals surface area contributed by atoms with E-state index in [1.807, 2.05) is 4.68 Å².